The third kappa shape index (κ3) is 5.94. The van der Waals surface area contributed by atoms with E-state index in [0.29, 0.717) is 65.6 Å². The molecule has 2 unspecified atom stereocenters. The van der Waals surface area contributed by atoms with Gasteiger partial charge in [-0.05, 0) is 75.3 Å². The first kappa shape index (κ1) is 31.5. The van der Waals surface area contributed by atoms with Crippen LogP contribution in [0.15, 0.2) is 36.5 Å². The van der Waals surface area contributed by atoms with Gasteiger partial charge >= 0.3 is 12.5 Å². The molecule has 4 aromatic rings. The Morgan fingerprint density at radius 2 is 1.94 bits per heavy atom. The zero-order chi connectivity index (χ0) is 33.2. The summed E-state index contributed by atoms with van der Waals surface area (Å²) in [6.07, 6.45) is 6.77. The number of piperidine rings is 1. The fourth-order valence-electron chi connectivity index (χ4n) is 6.72. The smallest absolute Gasteiger partial charge is 0.329 e. The molecular formula is C32H37F2N7O5S. The Morgan fingerprint density at radius 1 is 1.15 bits per heavy atom. The van der Waals surface area contributed by atoms with Gasteiger partial charge in [0.25, 0.3) is 5.91 Å². The lowest BCUT2D eigenvalue weighted by molar-refractivity contribution is -0.144. The quantitative estimate of drug-likeness (QED) is 0.197. The number of nitrogens with zero attached hydrogens (tertiary/aromatic N) is 6. The minimum atomic E-state index is -4.31. The molecule has 0 bridgehead atoms. The SMILES string of the molecule is CCOC(=O)C1CC1c1c(-c2cc3ccc(N(C(F)F)S(C)(=O)=O)nc3n2CC2CC2)nc2cc(C(=O)N3CCC[C@@H](N)C3)ccn12. The van der Waals surface area contributed by atoms with Gasteiger partial charge in [0.2, 0.25) is 10.0 Å². The number of fused-ring (bicyclic) bond motifs is 2. The van der Waals surface area contributed by atoms with E-state index in [0.717, 1.165) is 37.6 Å². The van der Waals surface area contributed by atoms with Crippen molar-refractivity contribution in [2.75, 3.05) is 30.3 Å². The number of nitrogens with two attached hydrogens (primary N) is 1. The summed E-state index contributed by atoms with van der Waals surface area (Å²) in [4.78, 5) is 37.5. The number of carbonyl (C=O) groups excluding carboxylic acids is 2. The van der Waals surface area contributed by atoms with Gasteiger partial charge in [0.15, 0.2) is 0 Å². The molecular weight excluding hydrogens is 632 g/mol. The van der Waals surface area contributed by atoms with Gasteiger partial charge in [0, 0.05) is 48.7 Å². The van der Waals surface area contributed by atoms with Crippen LogP contribution in [-0.4, -0.2) is 82.7 Å². The van der Waals surface area contributed by atoms with Crippen molar-refractivity contribution in [2.45, 2.75) is 64.1 Å². The third-order valence-electron chi connectivity index (χ3n) is 9.26. The Labute approximate surface area is 270 Å². The molecule has 4 aromatic heterocycles. The van der Waals surface area contributed by atoms with Crippen molar-refractivity contribution in [3.8, 4) is 11.4 Å². The summed E-state index contributed by atoms with van der Waals surface area (Å²) in [5, 5.41) is 0.630. The highest BCUT2D eigenvalue weighted by molar-refractivity contribution is 7.92. The molecule has 3 aliphatic rings. The Balaban J connectivity index is 1.38. The third-order valence-corrected chi connectivity index (χ3v) is 10.3. The van der Waals surface area contributed by atoms with Gasteiger partial charge in [-0.2, -0.15) is 13.1 Å². The molecule has 0 spiro atoms. The van der Waals surface area contributed by atoms with Crippen LogP contribution in [0.3, 0.4) is 0 Å². The standard InChI is InChI=1S/C32H37F2N7O5S/c1-3-46-31(43)23-15-22(23)28-27(36-26-14-20(10-12-39(26)28)30(42)38-11-4-5-21(35)17-38)24-13-19-8-9-25(41(32(33)34)47(2,44)45)37-29(19)40(24)16-18-6-7-18/h8-10,12-14,18,21-23,32H,3-7,11,15-17,35H2,1-2H3/t21-,22?,23?/m1/s1. The van der Waals surface area contributed by atoms with Crippen LogP contribution in [0.2, 0.25) is 0 Å². The summed E-state index contributed by atoms with van der Waals surface area (Å²) >= 11 is 0. The van der Waals surface area contributed by atoms with Crippen molar-refractivity contribution in [2.24, 2.45) is 17.6 Å². The zero-order valence-corrected chi connectivity index (χ0v) is 27.0. The first-order valence-corrected chi connectivity index (χ1v) is 17.8. The number of anilines is 1. The molecule has 12 nitrogen and oxygen atoms in total. The number of imidazole rings is 1. The van der Waals surface area contributed by atoms with Gasteiger partial charge in [-0.1, -0.05) is 0 Å². The molecule has 3 atom stereocenters. The van der Waals surface area contributed by atoms with Crippen molar-refractivity contribution in [3.63, 3.8) is 0 Å². The number of amides is 1. The molecule has 15 heteroatoms. The van der Waals surface area contributed by atoms with Crippen LogP contribution in [-0.2, 0) is 26.1 Å². The predicted octanol–water partition coefficient (Wildman–Crippen LogP) is 3.98. The predicted molar refractivity (Wildman–Crippen MR) is 171 cm³/mol. The van der Waals surface area contributed by atoms with E-state index >= 15 is 0 Å². The number of likely N-dealkylation sites (tertiary alicyclic amines) is 1. The molecule has 7 rings (SSSR count). The molecule has 5 heterocycles. The lowest BCUT2D eigenvalue weighted by Gasteiger charge is -2.30. The number of rotatable bonds is 10. The van der Waals surface area contributed by atoms with Crippen LogP contribution < -0.4 is 10.0 Å². The summed E-state index contributed by atoms with van der Waals surface area (Å²) < 4.78 is 61.6. The molecule has 3 fully saturated rings. The van der Waals surface area contributed by atoms with Crippen LogP contribution >= 0.6 is 0 Å². The number of sulfonamides is 1. The number of carbonyl (C=O) groups is 2. The number of hydrogen-bond acceptors (Lipinski definition) is 8. The van der Waals surface area contributed by atoms with Crippen molar-refractivity contribution in [3.05, 3.63) is 47.8 Å². The maximum atomic E-state index is 13.9. The van der Waals surface area contributed by atoms with Gasteiger partial charge in [0.1, 0.15) is 22.8 Å². The van der Waals surface area contributed by atoms with E-state index < -0.39 is 16.6 Å². The van der Waals surface area contributed by atoms with Crippen LogP contribution in [0, 0.1) is 11.8 Å². The second-order valence-electron chi connectivity index (χ2n) is 12.8. The molecule has 250 valence electrons. The number of hydrogen-bond donors (Lipinski definition) is 1. The molecule has 1 aliphatic heterocycles. The summed E-state index contributed by atoms with van der Waals surface area (Å²) in [7, 11) is -4.31. The first-order valence-electron chi connectivity index (χ1n) is 16.0. The Kier molecular flexibility index (Phi) is 7.94. The lowest BCUT2D eigenvalue weighted by Crippen LogP contribution is -2.45. The van der Waals surface area contributed by atoms with E-state index in [1.807, 2.05) is 15.0 Å². The minimum Gasteiger partial charge on any atom is -0.466 e. The molecule has 0 aromatic carbocycles. The van der Waals surface area contributed by atoms with E-state index in [-0.39, 0.29) is 46.5 Å². The fourth-order valence-corrected chi connectivity index (χ4v) is 7.45. The minimum absolute atomic E-state index is 0.0127. The maximum absolute atomic E-state index is 13.9. The number of esters is 1. The Bertz CT molecular complexity index is 1990. The summed E-state index contributed by atoms with van der Waals surface area (Å²) in [6.45, 7) is 0.362. The number of pyridine rings is 2. The normalized spacial score (nSPS) is 21.5. The molecule has 47 heavy (non-hydrogen) atoms. The molecule has 2 aliphatic carbocycles. The molecule has 1 amide bonds. The van der Waals surface area contributed by atoms with Crippen LogP contribution in [0.4, 0.5) is 14.6 Å². The first-order chi connectivity index (χ1) is 22.4. The number of alkyl halides is 2. The van der Waals surface area contributed by atoms with Gasteiger partial charge < -0.3 is 24.3 Å². The highest BCUT2D eigenvalue weighted by Crippen LogP contribution is 2.51. The second-order valence-corrected chi connectivity index (χ2v) is 14.7. The van der Waals surface area contributed by atoms with Crippen molar-refractivity contribution in [1.82, 2.24) is 23.8 Å². The highest BCUT2D eigenvalue weighted by atomic mass is 32.2. The molecule has 1 saturated heterocycles. The zero-order valence-electron chi connectivity index (χ0n) is 26.2. The Morgan fingerprint density at radius 3 is 2.62 bits per heavy atom. The van der Waals surface area contributed by atoms with Crippen LogP contribution in [0.25, 0.3) is 28.1 Å². The molecule has 2 saturated carbocycles. The summed E-state index contributed by atoms with van der Waals surface area (Å²) in [6, 6.07) is 8.16. The number of halogens is 2. The van der Waals surface area contributed by atoms with Gasteiger partial charge in [0.05, 0.1) is 30.2 Å². The van der Waals surface area contributed by atoms with E-state index in [1.165, 1.54) is 6.07 Å². The maximum Gasteiger partial charge on any atom is 0.329 e. The Hall–Kier alpha value is -4.11. The van der Waals surface area contributed by atoms with E-state index in [2.05, 4.69) is 4.98 Å². The van der Waals surface area contributed by atoms with E-state index in [9.17, 15) is 26.8 Å². The van der Waals surface area contributed by atoms with Crippen molar-refractivity contribution < 1.29 is 31.5 Å². The molecule has 0 radical (unpaired) electrons. The van der Waals surface area contributed by atoms with Crippen LogP contribution in [0.1, 0.15) is 61.0 Å². The lowest BCUT2D eigenvalue weighted by atomic mass is 10.1. The van der Waals surface area contributed by atoms with Gasteiger partial charge in [-0.15, -0.1) is 0 Å². The number of aromatic nitrogens is 4. The topological polar surface area (TPSA) is 145 Å². The largest absolute Gasteiger partial charge is 0.466 e. The second kappa shape index (κ2) is 11.8. The summed E-state index contributed by atoms with van der Waals surface area (Å²) in [5.74, 6) is -1.01. The average molecular weight is 670 g/mol. The van der Waals surface area contributed by atoms with E-state index in [4.69, 9.17) is 15.5 Å². The number of ether oxygens (including phenoxy) is 1. The van der Waals surface area contributed by atoms with Crippen molar-refractivity contribution >= 4 is 44.4 Å². The summed E-state index contributed by atoms with van der Waals surface area (Å²) in [5.41, 5.74) is 9.53. The van der Waals surface area contributed by atoms with Gasteiger partial charge in [-0.3, -0.25) is 9.59 Å². The van der Waals surface area contributed by atoms with Crippen molar-refractivity contribution in [1.29, 1.82) is 0 Å². The van der Waals surface area contributed by atoms with E-state index in [1.54, 1.807) is 36.2 Å². The highest BCUT2D eigenvalue weighted by Gasteiger charge is 2.48. The average Bonchev–Trinajstić information content (AvgIpc) is 3.93. The van der Waals surface area contributed by atoms with Gasteiger partial charge in [-0.25, -0.2) is 18.4 Å². The fraction of sp³-hybridized carbons (Fsp3) is 0.500. The van der Waals surface area contributed by atoms with Crippen LogP contribution in [0.5, 0.6) is 0 Å². The molecule has 2 N–H and O–H groups in total. The monoisotopic (exact) mass is 669 g/mol.